The number of halogens is 2. The second-order valence-electron chi connectivity index (χ2n) is 7.58. The number of fused-ring (bicyclic) bond motifs is 1. The summed E-state index contributed by atoms with van der Waals surface area (Å²) < 4.78 is 19.4. The summed E-state index contributed by atoms with van der Waals surface area (Å²) in [5, 5.41) is 3.49. The molecular formula is C20H23ClFN3O2. The van der Waals surface area contributed by atoms with E-state index < -0.39 is 5.60 Å². The average Bonchev–Trinajstić information content (AvgIpc) is 2.59. The van der Waals surface area contributed by atoms with E-state index in [1.54, 1.807) is 17.0 Å². The average molecular weight is 392 g/mol. The molecule has 2 aromatic rings. The van der Waals surface area contributed by atoms with E-state index in [0.717, 1.165) is 17.5 Å². The maximum Gasteiger partial charge on any atom is 0.410 e. The molecule has 1 aromatic heterocycles. The number of nitrogens with zero attached hydrogens (tertiary/aromatic N) is 2. The Labute approximate surface area is 163 Å². The molecule has 0 atom stereocenters. The number of hydrogen-bond donors (Lipinski definition) is 1. The molecule has 3 rings (SSSR count). The van der Waals surface area contributed by atoms with Crippen molar-refractivity contribution in [2.24, 2.45) is 0 Å². The predicted molar refractivity (Wildman–Crippen MR) is 103 cm³/mol. The summed E-state index contributed by atoms with van der Waals surface area (Å²) in [5.41, 5.74) is 2.11. The van der Waals surface area contributed by atoms with E-state index in [4.69, 9.17) is 16.3 Å². The summed E-state index contributed by atoms with van der Waals surface area (Å²) >= 11 is 5.78. The molecule has 1 aliphatic rings. The van der Waals surface area contributed by atoms with Crippen LogP contribution in [-0.4, -0.2) is 28.1 Å². The van der Waals surface area contributed by atoms with Gasteiger partial charge in [0, 0.05) is 36.4 Å². The molecule has 0 radical (unpaired) electrons. The molecule has 0 spiro atoms. The fraction of sp³-hybridized carbons (Fsp3) is 0.400. The summed E-state index contributed by atoms with van der Waals surface area (Å²) in [5.74, 6) is 0.276. The van der Waals surface area contributed by atoms with Crippen LogP contribution < -0.4 is 5.32 Å². The van der Waals surface area contributed by atoms with Gasteiger partial charge in [-0.3, -0.25) is 0 Å². The minimum absolute atomic E-state index is 0.296. The zero-order valence-corrected chi connectivity index (χ0v) is 16.4. The summed E-state index contributed by atoms with van der Waals surface area (Å²) in [7, 11) is 0. The van der Waals surface area contributed by atoms with Crippen LogP contribution in [0, 0.1) is 5.82 Å². The van der Waals surface area contributed by atoms with Crippen molar-refractivity contribution in [2.45, 2.75) is 45.9 Å². The first-order valence-electron chi connectivity index (χ1n) is 8.85. The molecule has 27 heavy (non-hydrogen) atoms. The number of nitrogens with one attached hydrogen (secondary N) is 1. The van der Waals surface area contributed by atoms with Crippen LogP contribution in [0.4, 0.5) is 15.0 Å². The number of carbonyl (C=O) groups is 1. The summed E-state index contributed by atoms with van der Waals surface area (Å²) in [6.07, 6.45) is 2.22. The van der Waals surface area contributed by atoms with Crippen molar-refractivity contribution < 1.29 is 13.9 Å². The third-order valence-electron chi connectivity index (χ3n) is 4.22. The molecule has 0 aliphatic carbocycles. The highest BCUT2D eigenvalue weighted by molar-refractivity contribution is 6.30. The van der Waals surface area contributed by atoms with Crippen molar-refractivity contribution in [3.8, 4) is 0 Å². The number of hydrogen-bond acceptors (Lipinski definition) is 4. The first-order chi connectivity index (χ1) is 12.7. The van der Waals surface area contributed by atoms with Gasteiger partial charge in [0.2, 0.25) is 0 Å². The molecule has 2 heterocycles. The Morgan fingerprint density at radius 2 is 2.11 bits per heavy atom. The van der Waals surface area contributed by atoms with Crippen molar-refractivity contribution in [1.29, 1.82) is 0 Å². The molecule has 1 N–H and O–H groups in total. The number of rotatable bonds is 3. The first-order valence-corrected chi connectivity index (χ1v) is 9.22. The number of carbonyl (C=O) groups excluding carboxylic acids is 1. The highest BCUT2D eigenvalue weighted by Crippen LogP contribution is 2.23. The summed E-state index contributed by atoms with van der Waals surface area (Å²) in [4.78, 5) is 18.4. The third kappa shape index (κ3) is 5.10. The maximum atomic E-state index is 13.9. The van der Waals surface area contributed by atoms with Crippen LogP contribution in [0.1, 0.15) is 37.5 Å². The van der Waals surface area contributed by atoms with Crippen molar-refractivity contribution in [2.75, 3.05) is 11.9 Å². The van der Waals surface area contributed by atoms with Gasteiger partial charge in [-0.05, 0) is 56.5 Å². The van der Waals surface area contributed by atoms with Gasteiger partial charge in [0.15, 0.2) is 0 Å². The highest BCUT2D eigenvalue weighted by Gasteiger charge is 2.26. The van der Waals surface area contributed by atoms with E-state index in [2.05, 4.69) is 10.3 Å². The van der Waals surface area contributed by atoms with Crippen LogP contribution in [0.25, 0.3) is 0 Å². The fourth-order valence-corrected chi connectivity index (χ4v) is 3.03. The SMILES string of the molecule is CC(C)(C)OC(=O)N1CCc2cnc(NCc3ccc(Cl)cc3F)cc2C1. The van der Waals surface area contributed by atoms with E-state index in [0.29, 0.717) is 36.0 Å². The van der Waals surface area contributed by atoms with Gasteiger partial charge in [0.05, 0.1) is 0 Å². The van der Waals surface area contributed by atoms with Gasteiger partial charge in [0.25, 0.3) is 0 Å². The minimum Gasteiger partial charge on any atom is -0.444 e. The van der Waals surface area contributed by atoms with Crippen LogP contribution >= 0.6 is 11.6 Å². The molecule has 0 saturated heterocycles. The lowest BCUT2D eigenvalue weighted by Gasteiger charge is -2.31. The van der Waals surface area contributed by atoms with E-state index >= 15 is 0 Å². The van der Waals surface area contributed by atoms with Crippen LogP contribution in [0.3, 0.4) is 0 Å². The molecule has 7 heteroatoms. The van der Waals surface area contributed by atoms with E-state index in [1.807, 2.05) is 33.0 Å². The largest absolute Gasteiger partial charge is 0.444 e. The van der Waals surface area contributed by atoms with Gasteiger partial charge in [-0.25, -0.2) is 14.2 Å². The molecule has 0 unspecified atom stereocenters. The lowest BCUT2D eigenvalue weighted by molar-refractivity contribution is 0.0224. The molecule has 5 nitrogen and oxygen atoms in total. The minimum atomic E-state index is -0.523. The number of amides is 1. The van der Waals surface area contributed by atoms with Crippen LogP contribution in [0.2, 0.25) is 5.02 Å². The predicted octanol–water partition coefficient (Wildman–Crippen LogP) is 4.78. The molecule has 0 fully saturated rings. The van der Waals surface area contributed by atoms with Gasteiger partial charge in [-0.1, -0.05) is 17.7 Å². The van der Waals surface area contributed by atoms with Gasteiger partial charge in [-0.15, -0.1) is 0 Å². The molecule has 144 valence electrons. The second-order valence-corrected chi connectivity index (χ2v) is 8.02. The number of benzene rings is 1. The Morgan fingerprint density at radius 1 is 1.33 bits per heavy atom. The Hall–Kier alpha value is -2.34. The van der Waals surface area contributed by atoms with Crippen molar-refractivity contribution in [3.05, 3.63) is 58.0 Å². The van der Waals surface area contributed by atoms with Crippen molar-refractivity contribution in [3.63, 3.8) is 0 Å². The van der Waals surface area contributed by atoms with Crippen molar-refractivity contribution in [1.82, 2.24) is 9.88 Å². The normalized spacial score (nSPS) is 13.9. The van der Waals surface area contributed by atoms with Gasteiger partial charge < -0.3 is 15.0 Å². The van der Waals surface area contributed by atoms with Crippen LogP contribution in [0.5, 0.6) is 0 Å². The molecule has 0 saturated carbocycles. The Morgan fingerprint density at radius 3 is 2.81 bits per heavy atom. The van der Waals surface area contributed by atoms with Crippen LogP contribution in [0.15, 0.2) is 30.5 Å². The zero-order chi connectivity index (χ0) is 19.6. The van der Waals surface area contributed by atoms with Gasteiger partial charge in [-0.2, -0.15) is 0 Å². The number of pyridine rings is 1. The zero-order valence-electron chi connectivity index (χ0n) is 15.7. The van der Waals surface area contributed by atoms with E-state index in [9.17, 15) is 9.18 Å². The lowest BCUT2D eigenvalue weighted by Crippen LogP contribution is -2.39. The molecule has 1 aromatic carbocycles. The Kier molecular flexibility index (Phi) is 5.56. The maximum absolute atomic E-state index is 13.9. The Bertz CT molecular complexity index is 852. The smallest absolute Gasteiger partial charge is 0.410 e. The van der Waals surface area contributed by atoms with Crippen molar-refractivity contribution >= 4 is 23.5 Å². The highest BCUT2D eigenvalue weighted by atomic mass is 35.5. The fourth-order valence-electron chi connectivity index (χ4n) is 2.87. The monoisotopic (exact) mass is 391 g/mol. The molecule has 1 aliphatic heterocycles. The van der Waals surface area contributed by atoms with E-state index in [-0.39, 0.29) is 11.9 Å². The number of aromatic nitrogens is 1. The standard InChI is InChI=1S/C20H23ClFN3O2/c1-20(2,3)27-19(26)25-7-6-13-10-23-18(8-15(13)12-25)24-11-14-4-5-16(21)9-17(14)22/h4-5,8-10H,6-7,11-12H2,1-3H3,(H,23,24). The molecular weight excluding hydrogens is 369 g/mol. The van der Waals surface area contributed by atoms with Gasteiger partial charge in [0.1, 0.15) is 17.2 Å². The van der Waals surface area contributed by atoms with E-state index in [1.165, 1.54) is 6.07 Å². The Balaban J connectivity index is 1.67. The topological polar surface area (TPSA) is 54.5 Å². The van der Waals surface area contributed by atoms with Crippen LogP contribution in [-0.2, 0) is 24.2 Å². The molecule has 0 bridgehead atoms. The quantitative estimate of drug-likeness (QED) is 0.818. The molecule has 1 amide bonds. The third-order valence-corrected chi connectivity index (χ3v) is 4.46. The number of ether oxygens (including phenoxy) is 1. The summed E-state index contributed by atoms with van der Waals surface area (Å²) in [6.45, 7) is 6.92. The first kappa shape index (κ1) is 19.4. The van der Waals surface area contributed by atoms with Gasteiger partial charge >= 0.3 is 6.09 Å². The summed E-state index contributed by atoms with van der Waals surface area (Å²) in [6, 6.07) is 6.49. The second kappa shape index (κ2) is 7.72. The number of anilines is 1. The lowest BCUT2D eigenvalue weighted by atomic mass is 10.0.